The maximum absolute atomic E-state index is 12.2. The average molecular weight is 397 g/mol. The summed E-state index contributed by atoms with van der Waals surface area (Å²) in [7, 11) is 0. The zero-order chi connectivity index (χ0) is 19.0. The molecule has 0 aliphatic heterocycles. The lowest BCUT2D eigenvalue weighted by Crippen LogP contribution is -2.12. The highest BCUT2D eigenvalue weighted by Crippen LogP contribution is 2.30. The Morgan fingerprint density at radius 2 is 1.96 bits per heavy atom. The predicted octanol–water partition coefficient (Wildman–Crippen LogP) is 3.32. The Balaban J connectivity index is 1.80. The summed E-state index contributed by atoms with van der Waals surface area (Å²) in [5, 5.41) is 0.667. The summed E-state index contributed by atoms with van der Waals surface area (Å²) in [6.45, 7) is 0.547. The minimum absolute atomic E-state index is 0.180. The van der Waals surface area contributed by atoms with Gasteiger partial charge >= 0.3 is 0 Å². The lowest BCUT2D eigenvalue weighted by molar-refractivity contribution is 0.0995. The number of halogens is 1. The van der Waals surface area contributed by atoms with Crippen LogP contribution in [-0.2, 0) is 6.54 Å². The zero-order valence-corrected chi connectivity index (χ0v) is 15.5. The van der Waals surface area contributed by atoms with Gasteiger partial charge in [0.1, 0.15) is 10.4 Å². The molecule has 6 nitrogen and oxygen atoms in total. The standard InChI is InChI=1S/C19H13ClN4O2S/c20-12-6-4-11(5-7-12)9-24-10-22-19(26)17-15(24)8-16(27-17)13-2-1-3-14(23-13)18(21)25/h1-8,10H,9H2,(H2,21,25). The number of primary amides is 1. The molecule has 4 aromatic rings. The van der Waals surface area contributed by atoms with E-state index in [2.05, 4.69) is 9.97 Å². The first-order valence-corrected chi connectivity index (χ1v) is 9.21. The molecule has 27 heavy (non-hydrogen) atoms. The molecule has 0 unspecified atom stereocenters. The molecular formula is C19H13ClN4O2S. The maximum atomic E-state index is 12.2. The van der Waals surface area contributed by atoms with E-state index in [1.54, 1.807) is 18.2 Å². The first kappa shape index (κ1) is 17.4. The van der Waals surface area contributed by atoms with Crippen molar-refractivity contribution in [2.75, 3.05) is 0 Å². The molecule has 1 amide bonds. The summed E-state index contributed by atoms with van der Waals surface area (Å²) in [6.07, 6.45) is 1.53. The third-order valence-electron chi connectivity index (χ3n) is 4.05. The van der Waals surface area contributed by atoms with Crippen LogP contribution in [0.15, 0.2) is 59.7 Å². The van der Waals surface area contributed by atoms with Crippen molar-refractivity contribution >= 4 is 39.1 Å². The summed E-state index contributed by atoms with van der Waals surface area (Å²) in [4.78, 5) is 32.6. The van der Waals surface area contributed by atoms with Gasteiger partial charge < -0.3 is 10.3 Å². The first-order chi connectivity index (χ1) is 13.0. The fraction of sp³-hybridized carbons (Fsp3) is 0.0526. The van der Waals surface area contributed by atoms with Crippen LogP contribution < -0.4 is 11.3 Å². The van der Waals surface area contributed by atoms with Crippen molar-refractivity contribution in [2.24, 2.45) is 5.73 Å². The van der Waals surface area contributed by atoms with Gasteiger partial charge in [-0.15, -0.1) is 11.3 Å². The molecule has 3 heterocycles. The van der Waals surface area contributed by atoms with Crippen molar-refractivity contribution < 1.29 is 4.79 Å². The molecule has 0 saturated heterocycles. The van der Waals surface area contributed by atoms with E-state index in [-0.39, 0.29) is 11.3 Å². The predicted molar refractivity (Wildman–Crippen MR) is 106 cm³/mol. The number of hydrogen-bond acceptors (Lipinski definition) is 5. The number of amides is 1. The summed E-state index contributed by atoms with van der Waals surface area (Å²) in [5.74, 6) is -0.595. The average Bonchev–Trinajstić information content (AvgIpc) is 3.12. The summed E-state index contributed by atoms with van der Waals surface area (Å²) >= 11 is 7.23. The Kier molecular flexibility index (Phi) is 4.47. The van der Waals surface area contributed by atoms with Gasteiger partial charge in [-0.3, -0.25) is 9.59 Å². The van der Waals surface area contributed by atoms with Gasteiger partial charge in [-0.05, 0) is 35.9 Å². The van der Waals surface area contributed by atoms with Gasteiger partial charge in [0.2, 0.25) is 0 Å². The molecule has 0 fully saturated rings. The van der Waals surface area contributed by atoms with Gasteiger partial charge in [0.15, 0.2) is 0 Å². The van der Waals surface area contributed by atoms with Crippen LogP contribution in [-0.4, -0.2) is 20.4 Å². The molecule has 0 radical (unpaired) electrons. The first-order valence-electron chi connectivity index (χ1n) is 8.02. The lowest BCUT2D eigenvalue weighted by atomic mass is 10.2. The highest BCUT2D eigenvalue weighted by atomic mass is 35.5. The van der Waals surface area contributed by atoms with Crippen LogP contribution in [0.4, 0.5) is 0 Å². The van der Waals surface area contributed by atoms with Crippen molar-refractivity contribution in [3.05, 3.63) is 81.5 Å². The van der Waals surface area contributed by atoms with E-state index < -0.39 is 5.91 Å². The van der Waals surface area contributed by atoms with Gasteiger partial charge in [0.05, 0.1) is 22.4 Å². The second-order valence-corrected chi connectivity index (χ2v) is 7.39. The van der Waals surface area contributed by atoms with E-state index in [4.69, 9.17) is 17.3 Å². The van der Waals surface area contributed by atoms with Gasteiger partial charge in [-0.1, -0.05) is 29.8 Å². The monoisotopic (exact) mass is 396 g/mol. The molecule has 0 aliphatic rings. The number of benzene rings is 1. The van der Waals surface area contributed by atoms with Gasteiger partial charge in [-0.2, -0.15) is 4.98 Å². The van der Waals surface area contributed by atoms with E-state index in [9.17, 15) is 9.59 Å². The molecule has 134 valence electrons. The Labute approximate surface area is 162 Å². The molecule has 4 rings (SSSR count). The fourth-order valence-corrected chi connectivity index (χ4v) is 3.89. The highest BCUT2D eigenvalue weighted by molar-refractivity contribution is 7.22. The number of pyridine rings is 1. The van der Waals surface area contributed by atoms with Crippen LogP contribution in [0.5, 0.6) is 0 Å². The SMILES string of the molecule is NC(=O)c1cccc(-c2cc3c(s2)c(=O)ncn3Cc2ccc(Cl)cc2)n1. The van der Waals surface area contributed by atoms with Crippen molar-refractivity contribution in [1.29, 1.82) is 0 Å². The molecule has 2 N–H and O–H groups in total. The quantitative estimate of drug-likeness (QED) is 0.572. The maximum Gasteiger partial charge on any atom is 0.290 e. The van der Waals surface area contributed by atoms with E-state index in [1.807, 2.05) is 34.9 Å². The topological polar surface area (TPSA) is 90.9 Å². The zero-order valence-electron chi connectivity index (χ0n) is 13.9. The van der Waals surface area contributed by atoms with E-state index in [0.29, 0.717) is 22.0 Å². The molecule has 0 spiro atoms. The molecular weight excluding hydrogens is 384 g/mol. The van der Waals surface area contributed by atoms with Crippen LogP contribution in [0.25, 0.3) is 20.8 Å². The van der Waals surface area contributed by atoms with Crippen molar-refractivity contribution in [2.45, 2.75) is 6.54 Å². The Bertz CT molecular complexity index is 1210. The summed E-state index contributed by atoms with van der Waals surface area (Å²) in [5.41, 5.74) is 7.58. The van der Waals surface area contributed by atoms with E-state index in [1.165, 1.54) is 17.7 Å². The van der Waals surface area contributed by atoms with Gasteiger partial charge in [0, 0.05) is 11.6 Å². The van der Waals surface area contributed by atoms with Crippen LogP contribution in [0.3, 0.4) is 0 Å². The molecule has 8 heteroatoms. The summed E-state index contributed by atoms with van der Waals surface area (Å²) < 4.78 is 2.44. The van der Waals surface area contributed by atoms with Gasteiger partial charge in [-0.25, -0.2) is 4.98 Å². The number of nitrogens with two attached hydrogens (primary N) is 1. The fourth-order valence-electron chi connectivity index (χ4n) is 2.74. The molecule has 1 aromatic carbocycles. The Hall–Kier alpha value is -3.03. The second kappa shape index (κ2) is 6.94. The van der Waals surface area contributed by atoms with Crippen LogP contribution >= 0.6 is 22.9 Å². The van der Waals surface area contributed by atoms with Crippen LogP contribution in [0.1, 0.15) is 16.1 Å². The smallest absolute Gasteiger partial charge is 0.290 e. The van der Waals surface area contributed by atoms with E-state index >= 15 is 0 Å². The number of carbonyl (C=O) groups is 1. The third-order valence-corrected chi connectivity index (χ3v) is 5.44. The number of rotatable bonds is 4. The molecule has 0 aliphatic carbocycles. The second-order valence-electron chi connectivity index (χ2n) is 5.90. The minimum atomic E-state index is -0.595. The lowest BCUT2D eigenvalue weighted by Gasteiger charge is -2.07. The van der Waals surface area contributed by atoms with Crippen LogP contribution in [0.2, 0.25) is 5.02 Å². The van der Waals surface area contributed by atoms with Crippen molar-refractivity contribution in [3.8, 4) is 10.6 Å². The molecule has 0 saturated carbocycles. The number of thiophene rings is 1. The number of aromatic nitrogens is 3. The Morgan fingerprint density at radius 1 is 1.19 bits per heavy atom. The van der Waals surface area contributed by atoms with Crippen molar-refractivity contribution in [3.63, 3.8) is 0 Å². The number of nitrogens with zero attached hydrogens (tertiary/aromatic N) is 3. The number of carbonyl (C=O) groups excluding carboxylic acids is 1. The van der Waals surface area contributed by atoms with Crippen molar-refractivity contribution in [1.82, 2.24) is 14.5 Å². The van der Waals surface area contributed by atoms with Gasteiger partial charge in [0.25, 0.3) is 11.5 Å². The molecule has 0 atom stereocenters. The molecule has 0 bridgehead atoms. The van der Waals surface area contributed by atoms with Crippen LogP contribution in [0, 0.1) is 0 Å². The number of fused-ring (bicyclic) bond motifs is 1. The third kappa shape index (κ3) is 3.47. The normalized spacial score (nSPS) is 11.0. The largest absolute Gasteiger partial charge is 0.364 e. The number of hydrogen-bond donors (Lipinski definition) is 1. The molecule has 3 aromatic heterocycles. The highest BCUT2D eigenvalue weighted by Gasteiger charge is 2.13. The minimum Gasteiger partial charge on any atom is -0.364 e. The summed E-state index contributed by atoms with van der Waals surface area (Å²) in [6, 6.07) is 14.4. The van der Waals surface area contributed by atoms with E-state index in [0.717, 1.165) is 16.0 Å². The Morgan fingerprint density at radius 3 is 2.70 bits per heavy atom.